The zero-order valence-electron chi connectivity index (χ0n) is 11.7. The van der Waals surface area contributed by atoms with Gasteiger partial charge in [0.05, 0.1) is 6.10 Å². The molecule has 0 aromatic carbocycles. The van der Waals surface area contributed by atoms with E-state index in [1.807, 2.05) is 13.1 Å². The number of aliphatic hydroxyl groups is 1. The summed E-state index contributed by atoms with van der Waals surface area (Å²) < 4.78 is 0. The van der Waals surface area contributed by atoms with Crippen LogP contribution in [-0.4, -0.2) is 34.2 Å². The Balaban J connectivity index is 1.57. The first kappa shape index (κ1) is 14.2. The third-order valence-electron chi connectivity index (χ3n) is 4.02. The van der Waals surface area contributed by atoms with Crippen LogP contribution < -0.4 is 0 Å². The van der Waals surface area contributed by atoms with Crippen LogP contribution in [0.25, 0.3) is 10.6 Å². The molecular formula is C15H20N2OS2. The number of aromatic nitrogens is 1. The number of aliphatic hydroxyl groups excluding tert-OH is 1. The smallest absolute Gasteiger partial charge is 0.124 e. The lowest BCUT2D eigenvalue weighted by Gasteiger charge is -2.32. The van der Waals surface area contributed by atoms with Crippen LogP contribution in [0.4, 0.5) is 0 Å². The number of thiazole rings is 1. The molecule has 1 fully saturated rings. The topological polar surface area (TPSA) is 36.4 Å². The van der Waals surface area contributed by atoms with Gasteiger partial charge in [0.2, 0.25) is 0 Å². The van der Waals surface area contributed by atoms with Gasteiger partial charge in [-0.3, -0.25) is 4.90 Å². The molecule has 0 saturated carbocycles. The first-order valence-electron chi connectivity index (χ1n) is 7.10. The van der Waals surface area contributed by atoms with Crippen LogP contribution in [0.15, 0.2) is 23.0 Å². The lowest BCUT2D eigenvalue weighted by molar-refractivity contribution is 0.0698. The number of rotatable bonds is 4. The molecule has 0 aliphatic carbocycles. The molecule has 2 aromatic heterocycles. The maximum atomic E-state index is 9.64. The Morgan fingerprint density at radius 3 is 2.90 bits per heavy atom. The average molecular weight is 308 g/mol. The number of thiophene rings is 1. The van der Waals surface area contributed by atoms with E-state index in [1.165, 1.54) is 10.4 Å². The number of likely N-dealkylation sites (tertiary alicyclic amines) is 1. The number of hydrogen-bond donors (Lipinski definition) is 1. The highest BCUT2D eigenvalue weighted by molar-refractivity contribution is 7.15. The molecule has 0 bridgehead atoms. The van der Waals surface area contributed by atoms with Gasteiger partial charge in [-0.1, -0.05) is 0 Å². The number of nitrogens with zero attached hydrogens (tertiary/aromatic N) is 2. The summed E-state index contributed by atoms with van der Waals surface area (Å²) in [5.41, 5.74) is 1.24. The summed E-state index contributed by atoms with van der Waals surface area (Å²) in [5.74, 6) is 0.481. The van der Waals surface area contributed by atoms with Crippen molar-refractivity contribution >= 4 is 22.7 Å². The third kappa shape index (κ3) is 3.28. The van der Waals surface area contributed by atoms with Gasteiger partial charge in [-0.25, -0.2) is 4.98 Å². The van der Waals surface area contributed by atoms with Gasteiger partial charge >= 0.3 is 0 Å². The maximum absolute atomic E-state index is 9.64. The van der Waals surface area contributed by atoms with E-state index in [0.29, 0.717) is 5.92 Å². The van der Waals surface area contributed by atoms with E-state index in [2.05, 4.69) is 26.7 Å². The van der Waals surface area contributed by atoms with Gasteiger partial charge in [-0.2, -0.15) is 11.3 Å². The van der Waals surface area contributed by atoms with Crippen molar-refractivity contribution in [1.82, 2.24) is 9.88 Å². The predicted octanol–water partition coefficient (Wildman–Crippen LogP) is 3.46. The van der Waals surface area contributed by atoms with E-state index in [1.54, 1.807) is 22.7 Å². The van der Waals surface area contributed by atoms with Crippen molar-refractivity contribution in [2.45, 2.75) is 32.4 Å². The van der Waals surface area contributed by atoms with Gasteiger partial charge in [-0.15, -0.1) is 11.3 Å². The van der Waals surface area contributed by atoms with Crippen molar-refractivity contribution < 1.29 is 5.11 Å². The molecule has 1 saturated heterocycles. The minimum Gasteiger partial charge on any atom is -0.393 e. The zero-order chi connectivity index (χ0) is 13.9. The number of piperidine rings is 1. The fraction of sp³-hybridized carbons (Fsp3) is 0.533. The summed E-state index contributed by atoms with van der Waals surface area (Å²) in [7, 11) is 0. The Hall–Kier alpha value is -0.750. The molecule has 5 heteroatoms. The molecule has 0 radical (unpaired) electrons. The van der Waals surface area contributed by atoms with Crippen LogP contribution in [0, 0.1) is 5.92 Å². The summed E-state index contributed by atoms with van der Waals surface area (Å²) in [6.07, 6.45) is 4.06. The van der Waals surface area contributed by atoms with Gasteiger partial charge in [0.1, 0.15) is 5.01 Å². The Labute approximate surface area is 127 Å². The van der Waals surface area contributed by atoms with Crippen molar-refractivity contribution in [2.24, 2.45) is 5.92 Å². The highest BCUT2D eigenvalue weighted by Gasteiger charge is 2.22. The fourth-order valence-electron chi connectivity index (χ4n) is 2.71. The molecule has 1 N–H and O–H groups in total. The molecule has 20 heavy (non-hydrogen) atoms. The molecule has 0 amide bonds. The molecule has 1 aliphatic rings. The summed E-state index contributed by atoms with van der Waals surface area (Å²) in [6, 6.07) is 2.13. The van der Waals surface area contributed by atoms with Gasteiger partial charge < -0.3 is 5.11 Å². The minimum atomic E-state index is -0.161. The molecule has 1 atom stereocenters. The van der Waals surface area contributed by atoms with E-state index >= 15 is 0 Å². The SMILES string of the molecule is CC(O)C1CCN(Cc2cnc(-c3ccsc3)s2)CC1. The van der Waals surface area contributed by atoms with Gasteiger partial charge in [-0.05, 0) is 50.2 Å². The molecule has 1 unspecified atom stereocenters. The molecule has 3 heterocycles. The van der Waals surface area contributed by atoms with Crippen molar-refractivity contribution in [3.05, 3.63) is 27.9 Å². The van der Waals surface area contributed by atoms with E-state index < -0.39 is 0 Å². The van der Waals surface area contributed by atoms with Crippen molar-refractivity contribution in [2.75, 3.05) is 13.1 Å². The second kappa shape index (κ2) is 6.35. The monoisotopic (exact) mass is 308 g/mol. The van der Waals surface area contributed by atoms with Crippen LogP contribution in [0.2, 0.25) is 0 Å². The van der Waals surface area contributed by atoms with Crippen molar-refractivity contribution in [3.63, 3.8) is 0 Å². The predicted molar refractivity (Wildman–Crippen MR) is 85.1 cm³/mol. The highest BCUT2D eigenvalue weighted by atomic mass is 32.1. The van der Waals surface area contributed by atoms with Crippen LogP contribution >= 0.6 is 22.7 Å². The molecule has 3 nitrogen and oxygen atoms in total. The van der Waals surface area contributed by atoms with Gasteiger partial charge in [0, 0.05) is 28.6 Å². The maximum Gasteiger partial charge on any atom is 0.124 e. The second-order valence-corrected chi connectivity index (χ2v) is 7.39. The van der Waals surface area contributed by atoms with Crippen molar-refractivity contribution in [1.29, 1.82) is 0 Å². The largest absolute Gasteiger partial charge is 0.393 e. The molecule has 2 aromatic rings. The average Bonchev–Trinajstić information content (AvgIpc) is 3.09. The van der Waals surface area contributed by atoms with Crippen LogP contribution in [0.3, 0.4) is 0 Å². The summed E-state index contributed by atoms with van der Waals surface area (Å²) in [4.78, 5) is 8.34. The minimum absolute atomic E-state index is 0.161. The van der Waals surface area contributed by atoms with E-state index in [0.717, 1.165) is 37.5 Å². The third-order valence-corrected chi connectivity index (χ3v) is 5.73. The highest BCUT2D eigenvalue weighted by Crippen LogP contribution is 2.28. The first-order valence-corrected chi connectivity index (χ1v) is 8.86. The Morgan fingerprint density at radius 1 is 1.45 bits per heavy atom. The second-order valence-electron chi connectivity index (χ2n) is 5.50. The van der Waals surface area contributed by atoms with Crippen LogP contribution in [-0.2, 0) is 6.54 Å². The van der Waals surface area contributed by atoms with Gasteiger partial charge in [0.15, 0.2) is 0 Å². The van der Waals surface area contributed by atoms with Crippen LogP contribution in [0.5, 0.6) is 0 Å². The van der Waals surface area contributed by atoms with E-state index in [4.69, 9.17) is 0 Å². The van der Waals surface area contributed by atoms with E-state index in [-0.39, 0.29) is 6.10 Å². The molecule has 108 valence electrons. The first-order chi connectivity index (χ1) is 9.72. The van der Waals surface area contributed by atoms with Gasteiger partial charge in [0.25, 0.3) is 0 Å². The summed E-state index contributed by atoms with van der Waals surface area (Å²) >= 11 is 3.51. The molecular weight excluding hydrogens is 288 g/mol. The lowest BCUT2D eigenvalue weighted by atomic mass is 9.92. The Morgan fingerprint density at radius 2 is 2.25 bits per heavy atom. The quantitative estimate of drug-likeness (QED) is 0.939. The van der Waals surface area contributed by atoms with E-state index in [9.17, 15) is 5.11 Å². The summed E-state index contributed by atoms with van der Waals surface area (Å²) in [5, 5.41) is 15.0. The van der Waals surface area contributed by atoms with Crippen molar-refractivity contribution in [3.8, 4) is 10.6 Å². The lowest BCUT2D eigenvalue weighted by Crippen LogP contribution is -2.36. The Kier molecular flexibility index (Phi) is 4.51. The zero-order valence-corrected chi connectivity index (χ0v) is 13.3. The number of hydrogen-bond acceptors (Lipinski definition) is 5. The summed E-state index contributed by atoms with van der Waals surface area (Å²) in [6.45, 7) is 5.08. The fourth-order valence-corrected chi connectivity index (χ4v) is 4.38. The standard InChI is InChI=1S/C15H20N2OS2/c1-11(18)12-2-5-17(6-3-12)9-14-8-16-15(20-14)13-4-7-19-10-13/h4,7-8,10-12,18H,2-3,5-6,9H2,1H3. The molecule has 0 spiro atoms. The Bertz CT molecular complexity index is 528. The molecule has 1 aliphatic heterocycles. The molecule has 3 rings (SSSR count). The normalized spacial score (nSPS) is 19.3. The van der Waals surface area contributed by atoms with Crippen LogP contribution in [0.1, 0.15) is 24.6 Å².